The first-order valence-corrected chi connectivity index (χ1v) is 11.3. The number of imide groups is 1. The maximum absolute atomic E-state index is 13.6. The van der Waals surface area contributed by atoms with Crippen molar-refractivity contribution in [3.63, 3.8) is 0 Å². The lowest BCUT2D eigenvalue weighted by atomic mass is 10.1. The second kappa shape index (κ2) is 9.77. The van der Waals surface area contributed by atoms with E-state index in [1.807, 2.05) is 30.3 Å². The van der Waals surface area contributed by atoms with E-state index in [0.29, 0.717) is 17.1 Å². The van der Waals surface area contributed by atoms with Crippen molar-refractivity contribution in [1.82, 2.24) is 4.90 Å². The number of anilines is 1. The highest BCUT2D eigenvalue weighted by Gasteiger charge is 2.39. The molecule has 0 spiro atoms. The standard InChI is InChI=1S/C24H17Cl2FN2O2S/c25-16-6-9-18(10-7-16)32-22-21(28-17-8-11-20(27)19(26)14-17)23(30)29(24(22)31)13-12-15-4-2-1-3-5-15/h1-11,14,28H,12-13H2. The summed E-state index contributed by atoms with van der Waals surface area (Å²) in [5.41, 5.74) is 1.56. The third kappa shape index (κ3) is 4.99. The fraction of sp³-hybridized carbons (Fsp3) is 0.0833. The van der Waals surface area contributed by atoms with E-state index >= 15 is 0 Å². The molecule has 4 nitrogen and oxygen atoms in total. The molecule has 32 heavy (non-hydrogen) atoms. The van der Waals surface area contributed by atoms with E-state index in [1.165, 1.54) is 34.9 Å². The molecule has 3 aromatic rings. The first-order valence-electron chi connectivity index (χ1n) is 9.72. The van der Waals surface area contributed by atoms with Crippen LogP contribution < -0.4 is 5.32 Å². The van der Waals surface area contributed by atoms with E-state index in [2.05, 4.69) is 5.32 Å². The molecular formula is C24H17Cl2FN2O2S. The summed E-state index contributed by atoms with van der Waals surface area (Å²) in [4.78, 5) is 28.6. The molecule has 162 valence electrons. The number of nitrogens with one attached hydrogen (secondary N) is 1. The number of benzene rings is 3. The molecule has 0 atom stereocenters. The van der Waals surface area contributed by atoms with E-state index in [1.54, 1.807) is 24.3 Å². The fourth-order valence-corrected chi connectivity index (χ4v) is 4.44. The van der Waals surface area contributed by atoms with Crippen molar-refractivity contribution in [2.24, 2.45) is 0 Å². The summed E-state index contributed by atoms with van der Waals surface area (Å²) in [5, 5.41) is 3.46. The van der Waals surface area contributed by atoms with Crippen molar-refractivity contribution >= 4 is 52.5 Å². The lowest BCUT2D eigenvalue weighted by Gasteiger charge is -2.15. The summed E-state index contributed by atoms with van der Waals surface area (Å²) in [7, 11) is 0. The summed E-state index contributed by atoms with van der Waals surface area (Å²) in [5.74, 6) is -1.40. The summed E-state index contributed by atoms with van der Waals surface area (Å²) in [6.07, 6.45) is 0.535. The van der Waals surface area contributed by atoms with Gasteiger partial charge >= 0.3 is 0 Å². The van der Waals surface area contributed by atoms with Crippen LogP contribution in [-0.4, -0.2) is 23.3 Å². The van der Waals surface area contributed by atoms with Crippen LogP contribution in [0, 0.1) is 5.82 Å². The van der Waals surface area contributed by atoms with Crippen molar-refractivity contribution in [3.8, 4) is 0 Å². The minimum Gasteiger partial charge on any atom is -0.350 e. The number of carbonyl (C=O) groups is 2. The SMILES string of the molecule is O=C1C(Nc2ccc(F)c(Cl)c2)=C(Sc2ccc(Cl)cc2)C(=O)N1CCc1ccccc1. The van der Waals surface area contributed by atoms with Crippen LogP contribution in [0.15, 0.2) is 88.3 Å². The van der Waals surface area contributed by atoms with Gasteiger partial charge in [-0.05, 0) is 54.4 Å². The number of carbonyl (C=O) groups excluding carboxylic acids is 2. The lowest BCUT2D eigenvalue weighted by Crippen LogP contribution is -2.34. The molecule has 1 aliphatic rings. The molecule has 0 fully saturated rings. The van der Waals surface area contributed by atoms with E-state index in [0.717, 1.165) is 10.5 Å². The minimum atomic E-state index is -0.569. The third-order valence-electron chi connectivity index (χ3n) is 4.81. The number of hydrogen-bond acceptors (Lipinski definition) is 4. The van der Waals surface area contributed by atoms with Gasteiger partial charge in [0.05, 0.1) is 5.02 Å². The van der Waals surface area contributed by atoms with E-state index in [9.17, 15) is 14.0 Å². The van der Waals surface area contributed by atoms with Crippen LogP contribution in [0.3, 0.4) is 0 Å². The quantitative estimate of drug-likeness (QED) is 0.406. The van der Waals surface area contributed by atoms with E-state index in [4.69, 9.17) is 23.2 Å². The summed E-state index contributed by atoms with van der Waals surface area (Å²) < 4.78 is 13.6. The van der Waals surface area contributed by atoms with Crippen LogP contribution in [0.25, 0.3) is 0 Å². The highest BCUT2D eigenvalue weighted by molar-refractivity contribution is 8.04. The monoisotopic (exact) mass is 486 g/mol. The highest BCUT2D eigenvalue weighted by Crippen LogP contribution is 2.36. The molecule has 0 bridgehead atoms. The smallest absolute Gasteiger partial charge is 0.278 e. The van der Waals surface area contributed by atoms with Gasteiger partial charge in [-0.1, -0.05) is 65.3 Å². The van der Waals surface area contributed by atoms with Gasteiger partial charge in [-0.3, -0.25) is 14.5 Å². The molecule has 0 saturated carbocycles. The number of amides is 2. The Morgan fingerprint density at radius 2 is 1.62 bits per heavy atom. The van der Waals surface area contributed by atoms with Crippen molar-refractivity contribution in [3.05, 3.63) is 105 Å². The molecule has 0 unspecified atom stereocenters. The molecule has 4 rings (SSSR count). The van der Waals surface area contributed by atoms with Crippen LogP contribution in [0.4, 0.5) is 10.1 Å². The van der Waals surface area contributed by atoms with Gasteiger partial charge in [0.15, 0.2) is 0 Å². The predicted molar refractivity (Wildman–Crippen MR) is 126 cm³/mol. The Hall–Kier alpha value is -2.80. The zero-order valence-corrected chi connectivity index (χ0v) is 19.0. The van der Waals surface area contributed by atoms with Crippen LogP contribution in [-0.2, 0) is 16.0 Å². The number of nitrogens with zero attached hydrogens (tertiary/aromatic N) is 1. The Bertz CT molecular complexity index is 1200. The fourth-order valence-electron chi connectivity index (χ4n) is 3.19. The first-order chi connectivity index (χ1) is 15.4. The Kier molecular flexibility index (Phi) is 6.84. The average Bonchev–Trinajstić information content (AvgIpc) is 3.00. The minimum absolute atomic E-state index is 0.0831. The van der Waals surface area contributed by atoms with Gasteiger partial charge in [-0.2, -0.15) is 0 Å². The highest BCUT2D eigenvalue weighted by atomic mass is 35.5. The molecule has 1 N–H and O–H groups in total. The van der Waals surface area contributed by atoms with Gasteiger partial charge < -0.3 is 5.32 Å². The van der Waals surface area contributed by atoms with Crippen molar-refractivity contribution in [2.45, 2.75) is 11.3 Å². The zero-order valence-electron chi connectivity index (χ0n) is 16.6. The summed E-state index contributed by atoms with van der Waals surface area (Å²) in [6, 6.07) is 20.6. The zero-order chi connectivity index (χ0) is 22.7. The third-order valence-corrected chi connectivity index (χ3v) is 6.45. The summed E-state index contributed by atoms with van der Waals surface area (Å²) >= 11 is 13.0. The van der Waals surface area contributed by atoms with Gasteiger partial charge in [0.2, 0.25) is 0 Å². The van der Waals surface area contributed by atoms with E-state index < -0.39 is 11.7 Å². The number of thioether (sulfide) groups is 1. The number of rotatable bonds is 7. The second-order valence-corrected chi connectivity index (χ2v) is 8.94. The molecule has 1 heterocycles. The molecule has 3 aromatic carbocycles. The maximum atomic E-state index is 13.6. The predicted octanol–water partition coefficient (Wildman–Crippen LogP) is 6.16. The Labute approximate surface area is 199 Å². The summed E-state index contributed by atoms with van der Waals surface area (Å²) in [6.45, 7) is 0.238. The molecule has 0 radical (unpaired) electrons. The molecule has 0 saturated heterocycles. The Balaban J connectivity index is 1.63. The molecule has 0 aliphatic carbocycles. The van der Waals surface area contributed by atoms with Crippen molar-refractivity contribution in [2.75, 3.05) is 11.9 Å². The second-order valence-electron chi connectivity index (χ2n) is 7.01. The molecule has 8 heteroatoms. The first kappa shape index (κ1) is 22.4. The Morgan fingerprint density at radius 3 is 2.31 bits per heavy atom. The largest absolute Gasteiger partial charge is 0.350 e. The van der Waals surface area contributed by atoms with Gasteiger partial charge in [-0.15, -0.1) is 0 Å². The normalized spacial score (nSPS) is 13.8. The van der Waals surface area contributed by atoms with Gasteiger partial charge in [0, 0.05) is 22.2 Å². The van der Waals surface area contributed by atoms with Crippen LogP contribution in [0.2, 0.25) is 10.0 Å². The van der Waals surface area contributed by atoms with Crippen LogP contribution in [0.1, 0.15) is 5.56 Å². The lowest BCUT2D eigenvalue weighted by molar-refractivity contribution is -0.137. The van der Waals surface area contributed by atoms with Gasteiger partial charge in [-0.25, -0.2) is 4.39 Å². The van der Waals surface area contributed by atoms with Crippen molar-refractivity contribution < 1.29 is 14.0 Å². The van der Waals surface area contributed by atoms with E-state index in [-0.39, 0.29) is 28.1 Å². The Morgan fingerprint density at radius 1 is 0.906 bits per heavy atom. The van der Waals surface area contributed by atoms with Crippen LogP contribution in [0.5, 0.6) is 0 Å². The molecular weight excluding hydrogens is 470 g/mol. The molecule has 0 aromatic heterocycles. The van der Waals surface area contributed by atoms with Crippen molar-refractivity contribution in [1.29, 1.82) is 0 Å². The topological polar surface area (TPSA) is 49.4 Å². The maximum Gasteiger partial charge on any atom is 0.278 e. The van der Waals surface area contributed by atoms with Gasteiger partial charge in [0.25, 0.3) is 11.8 Å². The van der Waals surface area contributed by atoms with Gasteiger partial charge in [0.1, 0.15) is 16.4 Å². The number of halogens is 3. The molecule has 2 amide bonds. The molecule has 1 aliphatic heterocycles. The average molecular weight is 487 g/mol. The number of hydrogen-bond donors (Lipinski definition) is 1. The van der Waals surface area contributed by atoms with Crippen LogP contribution >= 0.6 is 35.0 Å².